The molecule has 7 heteroatoms. The van der Waals surface area contributed by atoms with Gasteiger partial charge in [0.05, 0.1) is 32.6 Å². The lowest BCUT2D eigenvalue weighted by Crippen LogP contribution is -2.39. The molecule has 30 heavy (non-hydrogen) atoms. The largest absolute Gasteiger partial charge is 0.358 e. The zero-order chi connectivity index (χ0) is 21.0. The van der Waals surface area contributed by atoms with Gasteiger partial charge in [0.15, 0.2) is 0 Å². The molecule has 2 heterocycles. The highest BCUT2D eigenvalue weighted by molar-refractivity contribution is 8.01. The van der Waals surface area contributed by atoms with Crippen molar-refractivity contribution >= 4 is 47.1 Å². The number of benzene rings is 2. The number of anilines is 2. The first-order valence-electron chi connectivity index (χ1n) is 9.50. The summed E-state index contributed by atoms with van der Waals surface area (Å²) in [5.41, 5.74) is 0.204. The maximum atomic E-state index is 13.0. The van der Waals surface area contributed by atoms with Gasteiger partial charge in [-0.1, -0.05) is 47.8 Å². The molecule has 0 N–H and O–H groups in total. The quantitative estimate of drug-likeness (QED) is 0.564. The smallest absolute Gasteiger partial charge is 0.237 e. The van der Waals surface area contributed by atoms with E-state index >= 15 is 0 Å². The van der Waals surface area contributed by atoms with Gasteiger partial charge < -0.3 is 9.80 Å². The van der Waals surface area contributed by atoms with Gasteiger partial charge in [0, 0.05) is 23.9 Å². The van der Waals surface area contributed by atoms with Crippen LogP contribution in [0.1, 0.15) is 0 Å². The Labute approximate surface area is 181 Å². The van der Waals surface area contributed by atoms with Crippen LogP contribution < -0.4 is 36.5 Å². The van der Waals surface area contributed by atoms with E-state index < -0.39 is 16.3 Å². The van der Waals surface area contributed by atoms with Crippen LogP contribution in [0.4, 0.5) is 11.4 Å². The second-order valence-corrected chi connectivity index (χ2v) is 9.64. The lowest BCUT2D eigenvalue weighted by Gasteiger charge is -2.17. The molecule has 0 aromatic heterocycles. The van der Waals surface area contributed by atoms with Crippen molar-refractivity contribution in [2.24, 2.45) is 0 Å². The highest BCUT2D eigenvalue weighted by atomic mass is 32.2. The minimum Gasteiger partial charge on any atom is -0.358 e. The second-order valence-electron chi connectivity index (χ2n) is 7.32. The summed E-state index contributed by atoms with van der Waals surface area (Å²) < 4.78 is 0. The summed E-state index contributed by atoms with van der Waals surface area (Å²) in [4.78, 5) is 44.5. The maximum Gasteiger partial charge on any atom is 0.237 e. The van der Waals surface area contributed by atoms with Gasteiger partial charge in [-0.05, 0) is 36.4 Å². The van der Waals surface area contributed by atoms with E-state index in [0.29, 0.717) is 0 Å². The first-order chi connectivity index (χ1) is 14.5. The van der Waals surface area contributed by atoms with E-state index in [0.717, 1.165) is 21.2 Å². The summed E-state index contributed by atoms with van der Waals surface area (Å²) >= 11 is 3.13. The van der Waals surface area contributed by atoms with Crippen molar-refractivity contribution in [2.75, 3.05) is 23.9 Å². The van der Waals surface area contributed by atoms with Gasteiger partial charge in [-0.2, -0.15) is 0 Å². The van der Waals surface area contributed by atoms with Crippen molar-refractivity contribution in [3.05, 3.63) is 89.6 Å². The fourth-order valence-electron chi connectivity index (χ4n) is 3.86. The molecular formula is C23H18N2O3S2. The fourth-order valence-corrected chi connectivity index (χ4v) is 6.32. The van der Waals surface area contributed by atoms with Crippen LogP contribution in [0.25, 0.3) is 12.2 Å². The SMILES string of the molecule is CN1c2ccccc2SC1C=c1c(=O)c(=O)c(=CC2Sc3ccccc3N2C)c1=O. The van der Waals surface area contributed by atoms with Crippen molar-refractivity contribution in [3.63, 3.8) is 0 Å². The Morgan fingerprint density at radius 3 is 1.47 bits per heavy atom. The number of thioether (sulfide) groups is 2. The number of rotatable bonds is 2. The van der Waals surface area contributed by atoms with E-state index in [1.54, 1.807) is 35.7 Å². The minimum absolute atomic E-state index is 0.0217. The molecule has 2 unspecified atom stereocenters. The molecule has 0 saturated heterocycles. The third-order valence-corrected chi connectivity index (χ3v) is 8.14. The van der Waals surface area contributed by atoms with Gasteiger partial charge in [0.1, 0.15) is 0 Å². The zero-order valence-electron chi connectivity index (χ0n) is 16.4. The third-order valence-electron chi connectivity index (χ3n) is 5.55. The van der Waals surface area contributed by atoms with Crippen LogP contribution in [0, 0.1) is 0 Å². The zero-order valence-corrected chi connectivity index (χ0v) is 18.0. The van der Waals surface area contributed by atoms with E-state index in [1.807, 2.05) is 72.4 Å². The Morgan fingerprint density at radius 2 is 1.07 bits per heavy atom. The molecule has 3 aromatic carbocycles. The van der Waals surface area contributed by atoms with Gasteiger partial charge in [-0.3, -0.25) is 14.4 Å². The van der Waals surface area contributed by atoms with E-state index in [1.165, 1.54) is 0 Å². The van der Waals surface area contributed by atoms with Crippen molar-refractivity contribution in [3.8, 4) is 0 Å². The Bertz CT molecular complexity index is 1320. The number of para-hydroxylation sites is 2. The van der Waals surface area contributed by atoms with Crippen molar-refractivity contribution in [1.82, 2.24) is 0 Å². The Kier molecular flexibility index (Phi) is 4.60. The molecule has 0 aliphatic carbocycles. The molecule has 5 nitrogen and oxygen atoms in total. The van der Waals surface area contributed by atoms with E-state index in [4.69, 9.17) is 0 Å². The average Bonchev–Trinajstić information content (AvgIpc) is 3.31. The van der Waals surface area contributed by atoms with Gasteiger partial charge in [-0.15, -0.1) is 0 Å². The predicted octanol–water partition coefficient (Wildman–Crippen LogP) is 1.34. The minimum atomic E-state index is -0.709. The summed E-state index contributed by atoms with van der Waals surface area (Å²) in [5, 5.41) is -0.450. The summed E-state index contributed by atoms with van der Waals surface area (Å²) in [7, 11) is 3.84. The highest BCUT2D eigenvalue weighted by Crippen LogP contribution is 2.43. The molecule has 0 spiro atoms. The fraction of sp³-hybridized carbons (Fsp3) is 0.174. The predicted molar refractivity (Wildman–Crippen MR) is 125 cm³/mol. The third kappa shape index (κ3) is 2.92. The summed E-state index contributed by atoms with van der Waals surface area (Å²) in [6, 6.07) is 15.8. The van der Waals surface area contributed by atoms with Gasteiger partial charge in [0.2, 0.25) is 16.3 Å². The van der Waals surface area contributed by atoms with Gasteiger partial charge in [-0.25, -0.2) is 0 Å². The lowest BCUT2D eigenvalue weighted by atomic mass is 10.3. The normalized spacial score (nSPS) is 21.4. The highest BCUT2D eigenvalue weighted by Gasteiger charge is 2.27. The van der Waals surface area contributed by atoms with E-state index in [-0.39, 0.29) is 21.2 Å². The molecule has 3 aromatic rings. The lowest BCUT2D eigenvalue weighted by molar-refractivity contribution is 1.02. The molecule has 0 fully saturated rings. The summed E-state index contributed by atoms with van der Waals surface area (Å²) in [6.07, 6.45) is 3.27. The Hall–Kier alpha value is -2.77. The van der Waals surface area contributed by atoms with Crippen LogP contribution in [0.5, 0.6) is 0 Å². The monoisotopic (exact) mass is 434 g/mol. The van der Waals surface area contributed by atoms with Gasteiger partial charge >= 0.3 is 0 Å². The maximum absolute atomic E-state index is 13.0. The van der Waals surface area contributed by atoms with Crippen LogP contribution >= 0.6 is 23.5 Å². The molecule has 2 atom stereocenters. The molecule has 0 saturated carbocycles. The molecule has 2 aliphatic rings. The Balaban J connectivity index is 1.57. The van der Waals surface area contributed by atoms with Crippen LogP contribution in [0.15, 0.2) is 72.7 Å². The first kappa shape index (κ1) is 19.2. The summed E-state index contributed by atoms with van der Waals surface area (Å²) in [6.45, 7) is 0. The molecule has 0 radical (unpaired) electrons. The van der Waals surface area contributed by atoms with E-state index in [2.05, 4.69) is 0 Å². The Morgan fingerprint density at radius 1 is 0.667 bits per heavy atom. The van der Waals surface area contributed by atoms with Crippen LogP contribution in [0.2, 0.25) is 0 Å². The van der Waals surface area contributed by atoms with Crippen LogP contribution in [-0.4, -0.2) is 24.8 Å². The number of hydrogen-bond acceptors (Lipinski definition) is 7. The number of nitrogens with zero attached hydrogens (tertiary/aromatic N) is 2. The topological polar surface area (TPSA) is 57.7 Å². The standard InChI is InChI=1S/C23H18N2O3S2/c1-24-15-7-3-5-9-17(15)29-19(24)11-13-21(26)14(23(28)22(13)27)12-20-25(2)16-8-4-6-10-18(16)30-20/h3-12,19-20H,1-2H3. The molecule has 0 amide bonds. The molecule has 150 valence electrons. The number of fused-ring (bicyclic) bond motifs is 2. The van der Waals surface area contributed by atoms with Crippen LogP contribution in [0.3, 0.4) is 0 Å². The molecule has 5 rings (SSSR count). The van der Waals surface area contributed by atoms with Crippen LogP contribution in [-0.2, 0) is 0 Å². The van der Waals surface area contributed by atoms with E-state index in [9.17, 15) is 14.4 Å². The summed E-state index contributed by atoms with van der Waals surface area (Å²) in [5.74, 6) is 0. The second kappa shape index (κ2) is 7.18. The van der Waals surface area contributed by atoms with Crippen molar-refractivity contribution < 1.29 is 0 Å². The average molecular weight is 435 g/mol. The molecule has 0 bridgehead atoms. The molecule has 2 aliphatic heterocycles. The van der Waals surface area contributed by atoms with Gasteiger partial charge in [0.25, 0.3) is 0 Å². The van der Waals surface area contributed by atoms with Crippen molar-refractivity contribution in [1.29, 1.82) is 0 Å². The molecular weight excluding hydrogens is 416 g/mol. The number of hydrogen-bond donors (Lipinski definition) is 0. The first-order valence-corrected chi connectivity index (χ1v) is 11.3. The van der Waals surface area contributed by atoms with Crippen molar-refractivity contribution in [2.45, 2.75) is 20.5 Å².